The molecule has 0 bridgehead atoms. The van der Waals surface area contributed by atoms with Gasteiger partial charge in [0.05, 0.1) is 16.6 Å². The van der Waals surface area contributed by atoms with Crippen molar-refractivity contribution in [2.75, 3.05) is 5.32 Å². The number of hydrogen-bond donors (Lipinski definition) is 1. The molecule has 0 atom stereocenters. The van der Waals surface area contributed by atoms with Crippen LogP contribution >= 0.6 is 0 Å². The van der Waals surface area contributed by atoms with Gasteiger partial charge in [-0.2, -0.15) is 31.4 Å². The Balaban J connectivity index is 1.96. The fourth-order valence-corrected chi connectivity index (χ4v) is 2.92. The molecule has 0 radical (unpaired) electrons. The molecule has 3 rings (SSSR count). The number of carbonyl (C=O) groups excluding carboxylic acids is 1. The number of hydrogen-bond acceptors (Lipinski definition) is 5. The molecular formula is C19H15F6N5O2. The van der Waals surface area contributed by atoms with Crippen molar-refractivity contribution in [1.82, 2.24) is 19.7 Å². The van der Waals surface area contributed by atoms with Gasteiger partial charge in [0, 0.05) is 11.5 Å². The third-order valence-corrected chi connectivity index (χ3v) is 4.38. The molecule has 2 heterocycles. The van der Waals surface area contributed by atoms with E-state index >= 15 is 0 Å². The number of alkyl halides is 6. The number of aromatic nitrogens is 4. The molecule has 0 aliphatic carbocycles. The van der Waals surface area contributed by atoms with E-state index in [1.807, 2.05) is 0 Å². The Bertz CT molecular complexity index is 1230. The Hall–Kier alpha value is -3.51. The van der Waals surface area contributed by atoms with Crippen LogP contribution in [0.15, 0.2) is 35.4 Å². The molecule has 0 saturated heterocycles. The SMILES string of the molecule is CC(C)c1nn(CC(=O)Nc2cc(C(F)(F)F)ncn2)c(=O)c2ccc(C(F)(F)F)cc12. The highest BCUT2D eigenvalue weighted by atomic mass is 19.4. The average molecular weight is 459 g/mol. The molecule has 0 aliphatic rings. The van der Waals surface area contributed by atoms with E-state index in [0.29, 0.717) is 12.4 Å². The first-order valence-electron chi connectivity index (χ1n) is 9.08. The molecule has 13 heteroatoms. The molecule has 0 unspecified atom stereocenters. The van der Waals surface area contributed by atoms with Crippen LogP contribution in [-0.2, 0) is 23.7 Å². The minimum absolute atomic E-state index is 0.00195. The summed E-state index contributed by atoms with van der Waals surface area (Å²) < 4.78 is 78.2. The lowest BCUT2D eigenvalue weighted by molar-refractivity contribution is -0.141. The maximum Gasteiger partial charge on any atom is 0.433 e. The van der Waals surface area contributed by atoms with Gasteiger partial charge in [-0.05, 0) is 24.1 Å². The van der Waals surface area contributed by atoms with Crippen molar-refractivity contribution < 1.29 is 31.1 Å². The highest BCUT2D eigenvalue weighted by Gasteiger charge is 2.33. The summed E-state index contributed by atoms with van der Waals surface area (Å²) in [6, 6.07) is 3.09. The Labute approximate surface area is 176 Å². The highest BCUT2D eigenvalue weighted by Crippen LogP contribution is 2.32. The summed E-state index contributed by atoms with van der Waals surface area (Å²) in [5.41, 5.74) is -2.90. The van der Waals surface area contributed by atoms with Gasteiger partial charge in [0.15, 0.2) is 0 Å². The van der Waals surface area contributed by atoms with Gasteiger partial charge in [-0.3, -0.25) is 9.59 Å². The zero-order chi connectivity index (χ0) is 23.8. The van der Waals surface area contributed by atoms with Crippen LogP contribution in [-0.4, -0.2) is 25.7 Å². The molecule has 1 amide bonds. The van der Waals surface area contributed by atoms with Crippen molar-refractivity contribution in [3.8, 4) is 0 Å². The Morgan fingerprint density at radius 3 is 2.31 bits per heavy atom. The summed E-state index contributed by atoms with van der Waals surface area (Å²) in [4.78, 5) is 31.6. The van der Waals surface area contributed by atoms with E-state index in [1.54, 1.807) is 13.8 Å². The average Bonchev–Trinajstić information content (AvgIpc) is 2.68. The third kappa shape index (κ3) is 4.86. The largest absolute Gasteiger partial charge is 0.433 e. The summed E-state index contributed by atoms with van der Waals surface area (Å²) >= 11 is 0. The zero-order valence-electron chi connectivity index (χ0n) is 16.5. The van der Waals surface area contributed by atoms with Crippen LogP contribution in [0.3, 0.4) is 0 Å². The molecule has 0 fully saturated rings. The molecule has 1 N–H and O–H groups in total. The van der Waals surface area contributed by atoms with Crippen LogP contribution in [0, 0.1) is 0 Å². The van der Waals surface area contributed by atoms with E-state index in [0.717, 1.165) is 22.9 Å². The topological polar surface area (TPSA) is 89.8 Å². The first kappa shape index (κ1) is 23.2. The Morgan fingerprint density at radius 1 is 1.03 bits per heavy atom. The lowest BCUT2D eigenvalue weighted by Gasteiger charge is -2.15. The molecule has 3 aromatic rings. The van der Waals surface area contributed by atoms with Crippen LogP contribution in [0.2, 0.25) is 0 Å². The normalized spacial score (nSPS) is 12.4. The van der Waals surface area contributed by atoms with Crippen molar-refractivity contribution >= 4 is 22.5 Å². The predicted octanol–water partition coefficient (Wildman–Crippen LogP) is 3.99. The summed E-state index contributed by atoms with van der Waals surface area (Å²) in [6.07, 6.45) is -8.75. The number of rotatable bonds is 4. The van der Waals surface area contributed by atoms with Gasteiger partial charge in [-0.15, -0.1) is 0 Å². The van der Waals surface area contributed by atoms with Gasteiger partial charge >= 0.3 is 12.4 Å². The quantitative estimate of drug-likeness (QED) is 0.596. The Kier molecular flexibility index (Phi) is 5.94. The van der Waals surface area contributed by atoms with E-state index < -0.39 is 53.4 Å². The zero-order valence-corrected chi connectivity index (χ0v) is 16.5. The second-order valence-electron chi connectivity index (χ2n) is 7.10. The minimum Gasteiger partial charge on any atom is -0.309 e. The fraction of sp³-hybridized carbons (Fsp3) is 0.316. The van der Waals surface area contributed by atoms with Crippen molar-refractivity contribution in [1.29, 1.82) is 0 Å². The van der Waals surface area contributed by atoms with E-state index in [2.05, 4.69) is 20.4 Å². The molecule has 2 aromatic heterocycles. The number of fused-ring (bicyclic) bond motifs is 1. The van der Waals surface area contributed by atoms with E-state index in [4.69, 9.17) is 0 Å². The van der Waals surface area contributed by atoms with Crippen molar-refractivity contribution in [2.45, 2.75) is 38.7 Å². The second kappa shape index (κ2) is 8.20. The molecular weight excluding hydrogens is 444 g/mol. The van der Waals surface area contributed by atoms with Crippen molar-refractivity contribution in [3.05, 3.63) is 57.9 Å². The number of nitrogens with one attached hydrogen (secondary N) is 1. The maximum atomic E-state index is 13.1. The van der Waals surface area contributed by atoms with E-state index in [1.165, 1.54) is 0 Å². The van der Waals surface area contributed by atoms with Crippen molar-refractivity contribution in [2.24, 2.45) is 0 Å². The lowest BCUT2D eigenvalue weighted by Crippen LogP contribution is -2.31. The van der Waals surface area contributed by atoms with Gasteiger partial charge in [-0.1, -0.05) is 13.8 Å². The molecule has 32 heavy (non-hydrogen) atoms. The first-order chi connectivity index (χ1) is 14.8. The second-order valence-corrected chi connectivity index (χ2v) is 7.10. The minimum atomic E-state index is -4.75. The summed E-state index contributed by atoms with van der Waals surface area (Å²) in [6.45, 7) is 2.60. The molecule has 1 aromatic carbocycles. The Morgan fingerprint density at radius 2 is 1.72 bits per heavy atom. The molecule has 7 nitrogen and oxygen atoms in total. The van der Waals surface area contributed by atoms with Gasteiger partial charge in [0.1, 0.15) is 24.4 Å². The van der Waals surface area contributed by atoms with Gasteiger partial charge in [0.2, 0.25) is 5.91 Å². The number of amides is 1. The first-order valence-corrected chi connectivity index (χ1v) is 9.08. The van der Waals surface area contributed by atoms with Crippen LogP contribution in [0.5, 0.6) is 0 Å². The van der Waals surface area contributed by atoms with E-state index in [9.17, 15) is 35.9 Å². The lowest BCUT2D eigenvalue weighted by atomic mass is 10.0. The highest BCUT2D eigenvalue weighted by molar-refractivity contribution is 5.90. The predicted molar refractivity (Wildman–Crippen MR) is 101 cm³/mol. The monoisotopic (exact) mass is 459 g/mol. The third-order valence-electron chi connectivity index (χ3n) is 4.38. The molecule has 170 valence electrons. The summed E-state index contributed by atoms with van der Waals surface area (Å²) in [5.74, 6) is -1.75. The van der Waals surface area contributed by atoms with Crippen molar-refractivity contribution in [3.63, 3.8) is 0 Å². The molecule has 0 spiro atoms. The maximum absolute atomic E-state index is 13.1. The number of halogens is 6. The van der Waals surface area contributed by atoms with E-state index in [-0.39, 0.29) is 16.5 Å². The van der Waals surface area contributed by atoms with Gasteiger partial charge in [0.25, 0.3) is 5.56 Å². The number of nitrogens with zero attached hydrogens (tertiary/aromatic N) is 4. The number of anilines is 1. The molecule has 0 aliphatic heterocycles. The number of carbonyl (C=O) groups is 1. The van der Waals surface area contributed by atoms with Crippen LogP contribution < -0.4 is 10.9 Å². The summed E-state index contributed by atoms with van der Waals surface area (Å²) in [7, 11) is 0. The molecule has 0 saturated carbocycles. The fourth-order valence-electron chi connectivity index (χ4n) is 2.92. The standard InChI is InChI=1S/C19H15F6N5O2/c1-9(2)16-12-5-10(18(20,21)22)3-4-11(12)17(32)30(29-16)7-15(31)28-14-6-13(19(23,24)25)26-8-27-14/h3-6,8-9H,7H2,1-2H3,(H,26,27,28,31). The number of benzene rings is 1. The van der Waals surface area contributed by atoms with Gasteiger partial charge in [-0.25, -0.2) is 14.6 Å². The van der Waals surface area contributed by atoms with Gasteiger partial charge < -0.3 is 5.32 Å². The summed E-state index contributed by atoms with van der Waals surface area (Å²) in [5, 5.41) is 6.07. The van der Waals surface area contributed by atoms with Crippen LogP contribution in [0.4, 0.5) is 32.2 Å². The smallest absolute Gasteiger partial charge is 0.309 e. The van der Waals surface area contributed by atoms with Crippen LogP contribution in [0.25, 0.3) is 10.8 Å². The van der Waals surface area contributed by atoms with Crippen LogP contribution in [0.1, 0.15) is 36.7 Å².